The van der Waals surface area contributed by atoms with Crippen LogP contribution in [-0.2, 0) is 28.8 Å². The smallest absolute Gasteiger partial charge is 0.289 e. The van der Waals surface area contributed by atoms with Gasteiger partial charge in [-0.2, -0.15) is 0 Å². The van der Waals surface area contributed by atoms with Crippen LogP contribution >= 0.6 is 23.2 Å². The van der Waals surface area contributed by atoms with E-state index in [1.54, 1.807) is 39.0 Å². The summed E-state index contributed by atoms with van der Waals surface area (Å²) in [6.45, 7) is 7.12. The van der Waals surface area contributed by atoms with Gasteiger partial charge in [0.15, 0.2) is 5.60 Å². The van der Waals surface area contributed by atoms with Crippen LogP contribution in [0.2, 0.25) is 10.0 Å². The molecular formula is C41H52Cl2N8O7. The zero-order valence-corrected chi connectivity index (χ0v) is 34.8. The fourth-order valence-corrected chi connectivity index (χ4v) is 8.66. The van der Waals surface area contributed by atoms with Crippen molar-refractivity contribution in [2.75, 3.05) is 6.54 Å². The van der Waals surface area contributed by atoms with Crippen LogP contribution in [0, 0.1) is 11.3 Å². The van der Waals surface area contributed by atoms with Gasteiger partial charge in [0, 0.05) is 36.8 Å². The predicted octanol–water partition coefficient (Wildman–Crippen LogP) is 4.29. The maximum absolute atomic E-state index is 15.0. The molecule has 2 aliphatic heterocycles. The lowest BCUT2D eigenvalue weighted by atomic mass is 9.82. The lowest BCUT2D eigenvalue weighted by Gasteiger charge is -2.37. The van der Waals surface area contributed by atoms with Gasteiger partial charge < -0.3 is 31.0 Å². The maximum Gasteiger partial charge on any atom is 0.289 e. The van der Waals surface area contributed by atoms with Crippen molar-refractivity contribution in [1.29, 1.82) is 0 Å². The van der Waals surface area contributed by atoms with E-state index in [-0.39, 0.29) is 43.5 Å². The van der Waals surface area contributed by atoms with Gasteiger partial charge in [0.1, 0.15) is 23.8 Å². The Kier molecular flexibility index (Phi) is 13.4. The number of carbonyl (C=O) groups excluding carboxylic acids is 6. The fraction of sp³-hybridized carbons (Fsp3) is 0.585. The topological polar surface area (TPSA) is 201 Å². The van der Waals surface area contributed by atoms with Gasteiger partial charge in [0.2, 0.25) is 23.5 Å². The number of carbonyl (C=O) groups is 6. The van der Waals surface area contributed by atoms with E-state index in [1.807, 2.05) is 6.92 Å². The number of halogens is 2. The van der Waals surface area contributed by atoms with Gasteiger partial charge >= 0.3 is 0 Å². The summed E-state index contributed by atoms with van der Waals surface area (Å²) in [6, 6.07) is 0.527. The molecule has 5 atom stereocenters. The summed E-state index contributed by atoms with van der Waals surface area (Å²) in [5, 5.41) is 16.4. The highest BCUT2D eigenvalue weighted by atomic mass is 35.5. The average molecular weight is 840 g/mol. The normalized spacial score (nSPS) is 22.3. The second kappa shape index (κ2) is 18.1. The Morgan fingerprint density at radius 2 is 1.67 bits per heavy atom. The van der Waals surface area contributed by atoms with E-state index in [9.17, 15) is 24.0 Å². The van der Waals surface area contributed by atoms with Gasteiger partial charge in [-0.25, -0.2) is 4.98 Å². The molecule has 3 fully saturated rings. The fourth-order valence-electron chi connectivity index (χ4n) is 8.05. The molecule has 4 N–H and O–H groups in total. The van der Waals surface area contributed by atoms with E-state index in [0.29, 0.717) is 40.6 Å². The Morgan fingerprint density at radius 3 is 2.29 bits per heavy atom. The van der Waals surface area contributed by atoms with Gasteiger partial charge in [0.05, 0.1) is 34.5 Å². The molecule has 0 radical (unpaired) electrons. The van der Waals surface area contributed by atoms with Crippen LogP contribution < -0.4 is 21.3 Å². The second-order valence-electron chi connectivity index (χ2n) is 17.0. The Morgan fingerprint density at radius 1 is 0.966 bits per heavy atom. The van der Waals surface area contributed by atoms with Gasteiger partial charge in [-0.15, -0.1) is 0 Å². The molecule has 6 rings (SSSR count). The number of rotatable bonds is 14. The quantitative estimate of drug-likeness (QED) is 0.200. The first-order chi connectivity index (χ1) is 27.6. The van der Waals surface area contributed by atoms with Crippen molar-refractivity contribution in [3.63, 3.8) is 0 Å². The Labute approximate surface area is 348 Å². The molecule has 2 saturated carbocycles. The number of likely N-dealkylation sites (tertiary alicyclic amines) is 1. The zero-order valence-electron chi connectivity index (χ0n) is 33.3. The van der Waals surface area contributed by atoms with Crippen LogP contribution in [-0.4, -0.2) is 98.3 Å². The highest BCUT2D eigenvalue weighted by Gasteiger charge is 2.56. The predicted molar refractivity (Wildman–Crippen MR) is 216 cm³/mol. The average Bonchev–Trinajstić information content (AvgIpc) is 3.80. The second-order valence-corrected chi connectivity index (χ2v) is 17.8. The number of aromatic nitrogens is 2. The summed E-state index contributed by atoms with van der Waals surface area (Å²) in [5.74, 6) is -4.05. The van der Waals surface area contributed by atoms with Crippen LogP contribution in [0.1, 0.15) is 114 Å². The number of oxime groups is 1. The molecule has 2 aliphatic carbocycles. The number of hydrogen-bond donors (Lipinski definition) is 4. The van der Waals surface area contributed by atoms with Gasteiger partial charge in [0.25, 0.3) is 11.8 Å². The van der Waals surface area contributed by atoms with Gasteiger partial charge in [-0.3, -0.25) is 33.8 Å². The van der Waals surface area contributed by atoms with Crippen LogP contribution in [0.25, 0.3) is 0 Å². The van der Waals surface area contributed by atoms with Crippen molar-refractivity contribution < 1.29 is 33.6 Å². The van der Waals surface area contributed by atoms with E-state index in [0.717, 1.165) is 32.1 Å². The number of amides is 5. The van der Waals surface area contributed by atoms with E-state index in [4.69, 9.17) is 28.0 Å². The lowest BCUT2D eigenvalue weighted by Crippen LogP contribution is -2.62. The summed E-state index contributed by atoms with van der Waals surface area (Å²) < 4.78 is 0. The van der Waals surface area contributed by atoms with Crippen molar-refractivity contribution in [2.24, 2.45) is 16.5 Å². The largest absolute Gasteiger partial charge is 0.387 e. The summed E-state index contributed by atoms with van der Waals surface area (Å²) in [4.78, 5) is 98.9. The molecule has 1 aromatic carbocycles. The molecule has 4 aliphatic rings. The Balaban J connectivity index is 1.29. The minimum atomic E-state index is -1.19. The molecule has 1 saturated heterocycles. The molecule has 1 spiro atoms. The highest BCUT2D eigenvalue weighted by molar-refractivity contribution is 6.40. The molecule has 2 aromatic rings. The first-order valence-electron chi connectivity index (χ1n) is 20.1. The van der Waals surface area contributed by atoms with Gasteiger partial charge in [-0.05, 0) is 55.6 Å². The standard InChI is InChI=1S/C41H52Cl2N8O7/c1-5-10-27(33(52)38(56)46-24-15-16-24)47-36(54)30-20-41(19-28(50-58-41)31-25(42)13-9-14-26(31)43)22-51(30)39(57)34(40(2,3)4)49-37(55)32(23-11-7-6-8-12-23)48-35(53)29-21-44-17-18-45-29/h9,13-14,17-18,21,23-24,27,30,32,34H,5-8,10-12,15-16,19-20,22H2,1-4H3,(H,46,56)(H,47,54)(H,48,53)(H,49,55)/t27-,30-,32-,34+,41-/m0/s1. The van der Waals surface area contributed by atoms with Crippen molar-refractivity contribution in [2.45, 2.75) is 134 Å². The highest BCUT2D eigenvalue weighted by Crippen LogP contribution is 2.42. The third-order valence-electron chi connectivity index (χ3n) is 11.3. The molecule has 1 aromatic heterocycles. The van der Waals surface area contributed by atoms with Gasteiger partial charge in [-0.1, -0.05) is 87.8 Å². The monoisotopic (exact) mass is 838 g/mol. The lowest BCUT2D eigenvalue weighted by molar-refractivity contribution is -0.145. The number of benzene rings is 1. The molecule has 3 heterocycles. The molecule has 58 heavy (non-hydrogen) atoms. The number of hydrogen-bond acceptors (Lipinski definition) is 10. The molecule has 17 heteroatoms. The molecular weight excluding hydrogens is 787 g/mol. The minimum Gasteiger partial charge on any atom is -0.387 e. The number of nitrogens with one attached hydrogen (secondary N) is 4. The first-order valence-corrected chi connectivity index (χ1v) is 20.9. The molecule has 5 amide bonds. The third-order valence-corrected chi connectivity index (χ3v) is 11.9. The van der Waals surface area contributed by atoms with Crippen molar-refractivity contribution in [3.05, 3.63) is 58.1 Å². The van der Waals surface area contributed by atoms with Crippen LogP contribution in [0.5, 0.6) is 0 Å². The Hall–Kier alpha value is -4.63. The van der Waals surface area contributed by atoms with Crippen LogP contribution in [0.4, 0.5) is 0 Å². The zero-order chi connectivity index (χ0) is 41.8. The van der Waals surface area contributed by atoms with E-state index < -0.39 is 70.5 Å². The number of ketones is 1. The number of Topliss-reactive ketones (excluding diaryl/α,β-unsaturated/α-hetero) is 1. The summed E-state index contributed by atoms with van der Waals surface area (Å²) in [7, 11) is 0. The number of nitrogens with zero attached hydrogens (tertiary/aromatic N) is 4. The van der Waals surface area contributed by atoms with Crippen LogP contribution in [0.3, 0.4) is 0 Å². The SMILES string of the molecule is CCC[C@H](NC(=O)[C@@H]1C[C@@]2(CC(c3c(Cl)cccc3Cl)=NO2)CN1C(=O)[C@@H](NC(=O)[C@@H](NC(=O)c1cnccn1)C1CCCCC1)C(C)(C)C)C(=O)C(=O)NC1CC1. The first kappa shape index (κ1) is 43.0. The van der Waals surface area contributed by atoms with E-state index >= 15 is 4.79 Å². The summed E-state index contributed by atoms with van der Waals surface area (Å²) >= 11 is 13.1. The molecule has 0 unspecified atom stereocenters. The minimum absolute atomic E-state index is 0.0232. The summed E-state index contributed by atoms with van der Waals surface area (Å²) in [6.07, 6.45) is 10.7. The summed E-state index contributed by atoms with van der Waals surface area (Å²) in [5.41, 5.74) is -1.11. The molecule has 15 nitrogen and oxygen atoms in total. The van der Waals surface area contributed by atoms with E-state index in [1.165, 1.54) is 23.5 Å². The maximum atomic E-state index is 15.0. The van der Waals surface area contributed by atoms with Crippen molar-refractivity contribution >= 4 is 64.2 Å². The van der Waals surface area contributed by atoms with Crippen LogP contribution in [0.15, 0.2) is 41.9 Å². The van der Waals surface area contributed by atoms with Crippen molar-refractivity contribution in [3.8, 4) is 0 Å². The molecule has 0 bridgehead atoms. The Bertz CT molecular complexity index is 1910. The van der Waals surface area contributed by atoms with E-state index in [2.05, 4.69) is 36.4 Å². The van der Waals surface area contributed by atoms with Crippen molar-refractivity contribution in [1.82, 2.24) is 36.1 Å². The molecule has 312 valence electrons. The third kappa shape index (κ3) is 9.96.